The Morgan fingerprint density at radius 2 is 1.10 bits per heavy atom. The Labute approximate surface area is 259 Å². The molecular formula is C35H56N4S2. The molecule has 0 saturated heterocycles. The van der Waals surface area contributed by atoms with Crippen LogP contribution in [0.5, 0.6) is 0 Å². The number of hydrogen-bond acceptors (Lipinski definition) is 5. The van der Waals surface area contributed by atoms with Gasteiger partial charge in [0.05, 0.1) is 5.01 Å². The number of rotatable bonds is 0. The molecule has 4 nitrogen and oxygen atoms in total. The SMILES string of the molecule is Cc1ccc(C(C)(C)C)[nH]1.Cc1ccc(C(C)(C)C)s1.Cc1cnc(C(C)(C)C)s1.Cc1ncc(C(C)(C)C)cn1. The van der Waals surface area contributed by atoms with Crippen LogP contribution in [-0.2, 0) is 21.7 Å². The number of hydrogen-bond donors (Lipinski definition) is 1. The maximum atomic E-state index is 4.31. The second-order valence-corrected chi connectivity index (χ2v) is 17.3. The third-order valence-corrected chi connectivity index (χ3v) is 8.79. The second-order valence-electron chi connectivity index (χ2n) is 14.8. The van der Waals surface area contributed by atoms with Crippen molar-refractivity contribution in [1.82, 2.24) is 19.9 Å². The molecule has 4 aromatic heterocycles. The van der Waals surface area contributed by atoms with Gasteiger partial charge in [0.25, 0.3) is 0 Å². The smallest absolute Gasteiger partial charge is 0.125 e. The van der Waals surface area contributed by atoms with Crippen LogP contribution in [0.2, 0.25) is 0 Å². The van der Waals surface area contributed by atoms with E-state index in [0.717, 1.165) is 5.82 Å². The molecule has 0 aliphatic rings. The molecule has 228 valence electrons. The van der Waals surface area contributed by atoms with Gasteiger partial charge in [-0.15, -0.1) is 22.7 Å². The van der Waals surface area contributed by atoms with Crippen LogP contribution >= 0.6 is 22.7 Å². The van der Waals surface area contributed by atoms with Gasteiger partial charge in [-0.1, -0.05) is 83.1 Å². The van der Waals surface area contributed by atoms with E-state index >= 15 is 0 Å². The summed E-state index contributed by atoms with van der Waals surface area (Å²) in [6.07, 6.45) is 5.72. The van der Waals surface area contributed by atoms with Crippen molar-refractivity contribution in [3.05, 3.63) is 85.3 Å². The molecule has 1 N–H and O–H groups in total. The minimum Gasteiger partial charge on any atom is -0.362 e. The summed E-state index contributed by atoms with van der Waals surface area (Å²) in [7, 11) is 0. The Balaban J connectivity index is 0.000000274. The quantitative estimate of drug-likeness (QED) is 0.220. The monoisotopic (exact) mass is 596 g/mol. The summed E-state index contributed by atoms with van der Waals surface area (Å²) >= 11 is 3.68. The summed E-state index contributed by atoms with van der Waals surface area (Å²) in [4.78, 5) is 20.1. The first-order chi connectivity index (χ1) is 18.5. The van der Waals surface area contributed by atoms with Crippen LogP contribution in [0.25, 0.3) is 0 Å². The highest BCUT2D eigenvalue weighted by Crippen LogP contribution is 2.29. The zero-order chi connectivity index (χ0) is 31.8. The number of aryl methyl sites for hydroxylation is 4. The molecule has 0 aliphatic carbocycles. The molecule has 6 heteroatoms. The number of thiophene rings is 1. The van der Waals surface area contributed by atoms with E-state index in [1.54, 1.807) is 11.3 Å². The van der Waals surface area contributed by atoms with Crippen LogP contribution in [-0.4, -0.2) is 19.9 Å². The number of aromatic amines is 1. The highest BCUT2D eigenvalue weighted by Gasteiger charge is 2.17. The number of thiazole rings is 1. The van der Waals surface area contributed by atoms with Crippen molar-refractivity contribution in [2.24, 2.45) is 0 Å². The van der Waals surface area contributed by atoms with Crippen LogP contribution in [0.15, 0.2) is 42.9 Å². The first-order valence-electron chi connectivity index (χ1n) is 14.4. The van der Waals surface area contributed by atoms with E-state index in [-0.39, 0.29) is 16.2 Å². The van der Waals surface area contributed by atoms with Gasteiger partial charge in [-0.2, -0.15) is 0 Å². The maximum absolute atomic E-state index is 4.31. The fraction of sp³-hybridized carbons (Fsp3) is 0.571. The van der Waals surface area contributed by atoms with E-state index in [9.17, 15) is 0 Å². The van der Waals surface area contributed by atoms with Crippen LogP contribution in [0.4, 0.5) is 0 Å². The minimum absolute atomic E-state index is 0.160. The van der Waals surface area contributed by atoms with Crippen LogP contribution < -0.4 is 0 Å². The van der Waals surface area contributed by atoms with E-state index in [1.165, 1.54) is 36.6 Å². The molecule has 0 radical (unpaired) electrons. The third kappa shape index (κ3) is 13.9. The van der Waals surface area contributed by atoms with Gasteiger partial charge < -0.3 is 4.98 Å². The second kappa shape index (κ2) is 14.7. The van der Waals surface area contributed by atoms with Crippen molar-refractivity contribution >= 4 is 22.7 Å². The molecule has 0 saturated carbocycles. The molecule has 0 amide bonds. The van der Waals surface area contributed by atoms with Gasteiger partial charge in [0, 0.05) is 55.4 Å². The van der Waals surface area contributed by atoms with E-state index in [4.69, 9.17) is 0 Å². The molecule has 4 heterocycles. The number of H-pyrrole nitrogens is 1. The zero-order valence-corrected chi connectivity index (χ0v) is 30.3. The summed E-state index contributed by atoms with van der Waals surface area (Å²) < 4.78 is 0. The Hall–Kier alpha value is -2.31. The average Bonchev–Trinajstić information content (AvgIpc) is 3.55. The summed E-state index contributed by atoms with van der Waals surface area (Å²) in [6, 6.07) is 8.67. The molecular weight excluding hydrogens is 541 g/mol. The number of aromatic nitrogens is 4. The highest BCUT2D eigenvalue weighted by molar-refractivity contribution is 7.12. The Morgan fingerprint density at radius 3 is 1.34 bits per heavy atom. The molecule has 4 rings (SSSR count). The molecule has 0 unspecified atom stereocenters. The van der Waals surface area contributed by atoms with Crippen molar-refractivity contribution < 1.29 is 0 Å². The van der Waals surface area contributed by atoms with Crippen LogP contribution in [0.3, 0.4) is 0 Å². The lowest BCUT2D eigenvalue weighted by atomic mass is 9.89. The van der Waals surface area contributed by atoms with Crippen molar-refractivity contribution in [1.29, 1.82) is 0 Å². The van der Waals surface area contributed by atoms with Crippen molar-refractivity contribution in [3.8, 4) is 0 Å². The number of nitrogens with zero attached hydrogens (tertiary/aromatic N) is 3. The van der Waals surface area contributed by atoms with Gasteiger partial charge in [-0.25, -0.2) is 15.0 Å². The Bertz CT molecular complexity index is 1180. The van der Waals surface area contributed by atoms with E-state index in [2.05, 4.69) is 148 Å². The van der Waals surface area contributed by atoms with Crippen molar-refractivity contribution in [3.63, 3.8) is 0 Å². The van der Waals surface area contributed by atoms with Gasteiger partial charge in [-0.05, 0) is 68.4 Å². The number of nitrogens with one attached hydrogen (secondary N) is 1. The Morgan fingerprint density at radius 1 is 0.537 bits per heavy atom. The average molecular weight is 597 g/mol. The Kier molecular flexibility index (Phi) is 13.2. The molecule has 0 atom stereocenters. The lowest BCUT2D eigenvalue weighted by Gasteiger charge is -2.17. The molecule has 0 fully saturated rings. The van der Waals surface area contributed by atoms with Crippen molar-refractivity contribution in [2.45, 2.75) is 132 Å². The molecule has 0 bridgehead atoms. The van der Waals surface area contributed by atoms with Crippen LogP contribution in [0.1, 0.15) is 125 Å². The summed E-state index contributed by atoms with van der Waals surface area (Å²) in [5, 5.41) is 1.23. The largest absolute Gasteiger partial charge is 0.362 e. The lowest BCUT2D eigenvalue weighted by Crippen LogP contribution is -2.12. The standard InChI is InChI=1S/C9H14N2.C9H15N.C9H14S.C8H13NS/c1-7-10-5-8(6-11-7)9(2,3)4;2*1-7-5-6-8(10-7)9(2,3)4;1-6-5-9-7(10-6)8(2,3)4/h5-6H,1-4H3;5-6,10H,1-4H3;5-6H,1-4H3;5H,1-4H3. The summed E-state index contributed by atoms with van der Waals surface area (Å²) in [5.41, 5.74) is 4.71. The molecule has 41 heavy (non-hydrogen) atoms. The minimum atomic E-state index is 0.160. The van der Waals surface area contributed by atoms with Crippen molar-refractivity contribution in [2.75, 3.05) is 0 Å². The first-order valence-corrected chi connectivity index (χ1v) is 16.1. The normalized spacial score (nSPS) is 11.9. The van der Waals surface area contributed by atoms with Gasteiger partial charge >= 0.3 is 0 Å². The fourth-order valence-corrected chi connectivity index (χ4v) is 5.01. The highest BCUT2D eigenvalue weighted by atomic mass is 32.1. The predicted octanol–water partition coefficient (Wildman–Crippen LogP) is 10.8. The van der Waals surface area contributed by atoms with Crippen LogP contribution in [0, 0.1) is 27.7 Å². The third-order valence-electron chi connectivity index (χ3n) is 6.03. The maximum Gasteiger partial charge on any atom is 0.125 e. The van der Waals surface area contributed by atoms with Gasteiger partial charge in [0.1, 0.15) is 5.82 Å². The van der Waals surface area contributed by atoms with Gasteiger partial charge in [-0.3, -0.25) is 0 Å². The van der Waals surface area contributed by atoms with E-state index in [1.807, 2.05) is 36.9 Å². The topological polar surface area (TPSA) is 54.5 Å². The molecule has 4 aromatic rings. The van der Waals surface area contributed by atoms with Gasteiger partial charge in [0.2, 0.25) is 0 Å². The van der Waals surface area contributed by atoms with E-state index < -0.39 is 0 Å². The zero-order valence-electron chi connectivity index (χ0n) is 28.7. The van der Waals surface area contributed by atoms with Gasteiger partial charge in [0.15, 0.2) is 0 Å². The lowest BCUT2D eigenvalue weighted by molar-refractivity contribution is 0.572. The molecule has 0 spiro atoms. The summed E-state index contributed by atoms with van der Waals surface area (Å²) in [5.74, 6) is 0.831. The predicted molar refractivity (Wildman–Crippen MR) is 183 cm³/mol. The summed E-state index contributed by atoms with van der Waals surface area (Å²) in [6.45, 7) is 34.6. The van der Waals surface area contributed by atoms with E-state index in [0.29, 0.717) is 5.41 Å². The fourth-order valence-electron chi connectivity index (χ4n) is 3.26. The molecule has 0 aliphatic heterocycles. The first kappa shape index (κ1) is 36.7. The molecule has 0 aromatic carbocycles.